The number of nitrogens with zero attached hydrogens (tertiary/aromatic N) is 1. The Morgan fingerprint density at radius 2 is 1.79 bits per heavy atom. The smallest absolute Gasteiger partial charge is 0.262 e. The Balaban J connectivity index is 1.56. The standard InChI is InChI=1S/C25H28ClN3O3S2/c1-15-9-11-20(14-21(15)26)29-34(31,32)22-13-19(10-8-16(22)2)24-17(3)27-25(33-24)28-23(30)12-18-6-4-5-7-18/h8-11,13-14,18,29H,4-7,12H2,1-3H3,(H,27,28,30). The van der Waals surface area contributed by atoms with Crippen molar-refractivity contribution in [1.82, 2.24) is 4.98 Å². The van der Waals surface area contributed by atoms with Crippen LogP contribution in [0.25, 0.3) is 10.4 Å². The fourth-order valence-electron chi connectivity index (χ4n) is 4.26. The van der Waals surface area contributed by atoms with Gasteiger partial charge in [-0.3, -0.25) is 9.52 Å². The topological polar surface area (TPSA) is 88.2 Å². The zero-order valence-corrected chi connectivity index (χ0v) is 21.8. The number of thiazole rings is 1. The Morgan fingerprint density at radius 1 is 1.09 bits per heavy atom. The molecule has 3 aromatic rings. The molecule has 34 heavy (non-hydrogen) atoms. The molecule has 180 valence electrons. The minimum atomic E-state index is -3.84. The van der Waals surface area contributed by atoms with Crippen LogP contribution < -0.4 is 10.0 Å². The summed E-state index contributed by atoms with van der Waals surface area (Å²) >= 11 is 7.51. The molecule has 0 bridgehead atoms. The fourth-order valence-corrected chi connectivity index (χ4v) is 6.74. The lowest BCUT2D eigenvalue weighted by Gasteiger charge is -2.12. The maximum atomic E-state index is 13.2. The first-order valence-electron chi connectivity index (χ1n) is 11.3. The number of hydrogen-bond acceptors (Lipinski definition) is 5. The number of sulfonamides is 1. The van der Waals surface area contributed by atoms with Crippen LogP contribution in [0.15, 0.2) is 41.3 Å². The van der Waals surface area contributed by atoms with Gasteiger partial charge in [-0.15, -0.1) is 0 Å². The quantitative estimate of drug-likeness (QED) is 0.364. The van der Waals surface area contributed by atoms with Crippen LogP contribution in [0.4, 0.5) is 10.8 Å². The van der Waals surface area contributed by atoms with Crippen LogP contribution in [0, 0.1) is 26.7 Å². The van der Waals surface area contributed by atoms with E-state index in [0.29, 0.717) is 33.7 Å². The van der Waals surface area contributed by atoms with Gasteiger partial charge in [0, 0.05) is 11.4 Å². The second-order valence-corrected chi connectivity index (χ2v) is 11.9. The van der Waals surface area contributed by atoms with Crippen LogP contribution in [-0.4, -0.2) is 19.3 Å². The lowest BCUT2D eigenvalue weighted by Crippen LogP contribution is -2.14. The van der Waals surface area contributed by atoms with Gasteiger partial charge in [0.05, 0.1) is 21.2 Å². The van der Waals surface area contributed by atoms with Crippen LogP contribution >= 0.6 is 22.9 Å². The van der Waals surface area contributed by atoms with E-state index in [9.17, 15) is 13.2 Å². The van der Waals surface area contributed by atoms with Crippen molar-refractivity contribution >= 4 is 49.7 Å². The molecule has 4 rings (SSSR count). The van der Waals surface area contributed by atoms with Crippen molar-refractivity contribution in [1.29, 1.82) is 0 Å². The first kappa shape index (κ1) is 24.7. The number of rotatable bonds is 7. The SMILES string of the molecule is Cc1ccc(NS(=O)(=O)c2cc(-c3sc(NC(=O)CC4CCCC4)nc3C)ccc2C)cc1Cl. The zero-order valence-electron chi connectivity index (χ0n) is 19.4. The summed E-state index contributed by atoms with van der Waals surface area (Å²) in [5.41, 5.74) is 3.38. The Hall–Kier alpha value is -2.42. The molecule has 6 nitrogen and oxygen atoms in total. The van der Waals surface area contributed by atoms with Gasteiger partial charge in [-0.25, -0.2) is 13.4 Å². The van der Waals surface area contributed by atoms with Gasteiger partial charge in [-0.2, -0.15) is 0 Å². The number of carbonyl (C=O) groups is 1. The van der Waals surface area contributed by atoms with Gasteiger partial charge >= 0.3 is 0 Å². The highest BCUT2D eigenvalue weighted by Crippen LogP contribution is 2.36. The summed E-state index contributed by atoms with van der Waals surface area (Å²) in [5, 5.41) is 3.95. The van der Waals surface area contributed by atoms with E-state index in [4.69, 9.17) is 11.6 Å². The molecule has 0 spiro atoms. The highest BCUT2D eigenvalue weighted by Gasteiger charge is 2.22. The summed E-state index contributed by atoms with van der Waals surface area (Å²) in [5.74, 6) is 0.446. The average molecular weight is 518 g/mol. The molecule has 1 aliphatic carbocycles. The first-order valence-corrected chi connectivity index (χ1v) is 14.0. The molecule has 0 atom stereocenters. The van der Waals surface area contributed by atoms with Crippen molar-refractivity contribution in [2.45, 2.75) is 57.8 Å². The Labute approximate surface area is 209 Å². The second kappa shape index (κ2) is 10.1. The summed E-state index contributed by atoms with van der Waals surface area (Å²) in [4.78, 5) is 17.9. The number of aryl methyl sites for hydroxylation is 3. The molecule has 2 N–H and O–H groups in total. The molecule has 0 saturated heterocycles. The van der Waals surface area contributed by atoms with Crippen LogP contribution in [0.1, 0.15) is 48.9 Å². The molecule has 1 aliphatic rings. The summed E-state index contributed by atoms with van der Waals surface area (Å²) < 4.78 is 29.0. The van der Waals surface area contributed by atoms with Crippen molar-refractivity contribution in [3.8, 4) is 10.4 Å². The Bertz CT molecular complexity index is 1330. The highest BCUT2D eigenvalue weighted by molar-refractivity contribution is 7.92. The molecule has 0 aliphatic heterocycles. The Morgan fingerprint density at radius 3 is 2.50 bits per heavy atom. The van der Waals surface area contributed by atoms with Crippen LogP contribution in [0.5, 0.6) is 0 Å². The summed E-state index contributed by atoms with van der Waals surface area (Å²) in [6.45, 7) is 5.48. The van der Waals surface area contributed by atoms with E-state index in [1.54, 1.807) is 37.3 Å². The van der Waals surface area contributed by atoms with Crippen molar-refractivity contribution in [3.63, 3.8) is 0 Å². The van der Waals surface area contributed by atoms with Crippen molar-refractivity contribution in [2.24, 2.45) is 5.92 Å². The van der Waals surface area contributed by atoms with E-state index >= 15 is 0 Å². The molecular weight excluding hydrogens is 490 g/mol. The van der Waals surface area contributed by atoms with Crippen molar-refractivity contribution in [2.75, 3.05) is 10.0 Å². The van der Waals surface area contributed by atoms with E-state index in [0.717, 1.165) is 34.5 Å². The molecule has 1 fully saturated rings. The molecule has 2 aromatic carbocycles. The lowest BCUT2D eigenvalue weighted by molar-refractivity contribution is -0.117. The molecule has 9 heteroatoms. The van der Waals surface area contributed by atoms with Gasteiger partial charge < -0.3 is 5.32 Å². The van der Waals surface area contributed by atoms with E-state index in [2.05, 4.69) is 15.0 Å². The van der Waals surface area contributed by atoms with Gasteiger partial charge in [-0.05, 0) is 74.4 Å². The van der Waals surface area contributed by atoms with Crippen LogP contribution in [0.3, 0.4) is 0 Å². The number of anilines is 2. The maximum absolute atomic E-state index is 13.2. The van der Waals surface area contributed by atoms with Gasteiger partial charge in [-0.1, -0.05) is 54.0 Å². The highest BCUT2D eigenvalue weighted by atomic mass is 35.5. The number of aromatic nitrogens is 1. The van der Waals surface area contributed by atoms with E-state index in [-0.39, 0.29) is 10.8 Å². The molecule has 1 saturated carbocycles. The normalized spacial score (nSPS) is 14.4. The number of halogens is 1. The van der Waals surface area contributed by atoms with Gasteiger partial charge in [0.15, 0.2) is 5.13 Å². The van der Waals surface area contributed by atoms with Crippen molar-refractivity contribution < 1.29 is 13.2 Å². The van der Waals surface area contributed by atoms with Crippen LogP contribution in [0.2, 0.25) is 5.02 Å². The fraction of sp³-hybridized carbons (Fsp3) is 0.360. The largest absolute Gasteiger partial charge is 0.302 e. The minimum absolute atomic E-state index is 0.0136. The second-order valence-electron chi connectivity index (χ2n) is 8.89. The minimum Gasteiger partial charge on any atom is -0.302 e. The molecule has 0 unspecified atom stereocenters. The third-order valence-electron chi connectivity index (χ3n) is 6.16. The molecule has 1 heterocycles. The number of hydrogen-bond donors (Lipinski definition) is 2. The first-order chi connectivity index (χ1) is 16.1. The monoisotopic (exact) mass is 517 g/mol. The number of amides is 1. The van der Waals surface area contributed by atoms with Crippen molar-refractivity contribution in [3.05, 3.63) is 58.2 Å². The molecule has 1 aromatic heterocycles. The third kappa shape index (κ3) is 5.62. The average Bonchev–Trinajstić information content (AvgIpc) is 3.40. The van der Waals surface area contributed by atoms with Gasteiger partial charge in [0.25, 0.3) is 10.0 Å². The van der Waals surface area contributed by atoms with E-state index < -0.39 is 10.0 Å². The molecular formula is C25H28ClN3O3S2. The number of benzene rings is 2. The van der Waals surface area contributed by atoms with Gasteiger partial charge in [0.2, 0.25) is 5.91 Å². The summed E-state index contributed by atoms with van der Waals surface area (Å²) in [6, 6.07) is 10.4. The number of nitrogens with one attached hydrogen (secondary N) is 2. The molecule has 0 radical (unpaired) electrons. The Kier molecular flexibility index (Phi) is 7.31. The lowest BCUT2D eigenvalue weighted by atomic mass is 10.0. The predicted octanol–water partition coefficient (Wildman–Crippen LogP) is 6.71. The number of carbonyl (C=O) groups excluding carboxylic acids is 1. The van der Waals surface area contributed by atoms with Gasteiger partial charge in [0.1, 0.15) is 0 Å². The van der Waals surface area contributed by atoms with E-state index in [1.165, 1.54) is 24.2 Å². The summed E-state index contributed by atoms with van der Waals surface area (Å²) in [6.07, 6.45) is 5.14. The van der Waals surface area contributed by atoms with Crippen LogP contribution in [-0.2, 0) is 14.8 Å². The summed E-state index contributed by atoms with van der Waals surface area (Å²) in [7, 11) is -3.84. The van der Waals surface area contributed by atoms with E-state index in [1.807, 2.05) is 19.9 Å². The molecule has 1 amide bonds. The predicted molar refractivity (Wildman–Crippen MR) is 139 cm³/mol. The zero-order chi connectivity index (χ0) is 24.5. The maximum Gasteiger partial charge on any atom is 0.262 e. The third-order valence-corrected chi connectivity index (χ3v) is 9.21.